The molecule has 5 rings (SSSR count). The van der Waals surface area contributed by atoms with Crippen LogP contribution in [0.1, 0.15) is 5.56 Å². The Balaban J connectivity index is 1.71. The largest absolute Gasteiger partial charge is 0.302 e. The number of imidazole rings is 1. The highest BCUT2D eigenvalue weighted by Gasteiger charge is 2.25. The first-order valence-corrected chi connectivity index (χ1v) is 8.81. The van der Waals surface area contributed by atoms with Crippen LogP contribution in [-0.4, -0.2) is 15.3 Å². The van der Waals surface area contributed by atoms with Gasteiger partial charge in [0.2, 0.25) is 5.95 Å². The molecule has 0 saturated carbocycles. The van der Waals surface area contributed by atoms with Gasteiger partial charge >= 0.3 is 0 Å². The molecule has 2 heterocycles. The summed E-state index contributed by atoms with van der Waals surface area (Å²) in [7, 11) is 0. The molecule has 1 aliphatic heterocycles. The summed E-state index contributed by atoms with van der Waals surface area (Å²) in [5, 5.41) is 7.54. The fourth-order valence-electron chi connectivity index (χ4n) is 3.26. The molecule has 0 saturated heterocycles. The number of nitrogens with zero attached hydrogens (tertiary/aromatic N) is 4. The average Bonchev–Trinajstić information content (AvgIpc) is 3.07. The van der Waals surface area contributed by atoms with Gasteiger partial charge < -0.3 is 4.57 Å². The minimum absolute atomic E-state index is 0.667. The van der Waals surface area contributed by atoms with Crippen LogP contribution in [0.25, 0.3) is 11.0 Å². The van der Waals surface area contributed by atoms with Gasteiger partial charge in [0, 0.05) is 5.02 Å². The number of para-hydroxylation sites is 3. The molecule has 0 unspecified atom stereocenters. The molecular weight excluding hydrogens is 344 g/mol. The van der Waals surface area contributed by atoms with Crippen LogP contribution in [0.3, 0.4) is 0 Å². The molecule has 1 aliphatic rings. The molecule has 4 aromatic rings. The summed E-state index contributed by atoms with van der Waals surface area (Å²) in [6.45, 7) is 0.667. The molecule has 0 bridgehead atoms. The van der Waals surface area contributed by atoms with Gasteiger partial charge in [0.25, 0.3) is 0 Å². The van der Waals surface area contributed by atoms with Gasteiger partial charge in [-0.05, 0) is 42.0 Å². The highest BCUT2D eigenvalue weighted by Crippen LogP contribution is 2.32. The first-order chi connectivity index (χ1) is 12.8. The van der Waals surface area contributed by atoms with Crippen molar-refractivity contribution in [1.82, 2.24) is 9.55 Å². The lowest BCUT2D eigenvalue weighted by Gasteiger charge is -2.26. The predicted molar refractivity (Wildman–Crippen MR) is 106 cm³/mol. The van der Waals surface area contributed by atoms with Gasteiger partial charge in [-0.3, -0.25) is 0 Å². The zero-order valence-electron chi connectivity index (χ0n) is 13.9. The molecule has 0 aliphatic carbocycles. The van der Waals surface area contributed by atoms with Crippen LogP contribution >= 0.6 is 11.6 Å². The predicted octanol–water partition coefficient (Wildman–Crippen LogP) is 5.25. The topological polar surface area (TPSA) is 33.4 Å². The van der Waals surface area contributed by atoms with Gasteiger partial charge in [0.15, 0.2) is 0 Å². The number of halogens is 1. The van der Waals surface area contributed by atoms with E-state index >= 15 is 0 Å². The van der Waals surface area contributed by atoms with E-state index in [1.54, 1.807) is 0 Å². The molecule has 4 nitrogen and oxygen atoms in total. The molecule has 0 fully saturated rings. The molecule has 126 valence electrons. The van der Waals surface area contributed by atoms with Crippen molar-refractivity contribution in [2.75, 3.05) is 5.01 Å². The Morgan fingerprint density at radius 1 is 0.808 bits per heavy atom. The molecular formula is C21H15ClN4. The van der Waals surface area contributed by atoms with Crippen LogP contribution in [0.4, 0.5) is 11.6 Å². The van der Waals surface area contributed by atoms with Crippen molar-refractivity contribution in [2.45, 2.75) is 6.54 Å². The number of aromatic nitrogens is 2. The van der Waals surface area contributed by atoms with E-state index in [0.717, 1.165) is 39.0 Å². The maximum absolute atomic E-state index is 6.05. The number of hydrazone groups is 1. The summed E-state index contributed by atoms with van der Waals surface area (Å²) in [5.41, 5.74) is 5.08. The normalized spacial score (nSPS) is 13.6. The summed E-state index contributed by atoms with van der Waals surface area (Å²) in [4.78, 5) is 4.81. The standard InChI is InChI=1S/C21H15ClN4/c22-16-12-10-15(11-13-16)19-14-25-20-9-5-4-8-18(20)23-21(25)26(24-19)17-6-2-1-3-7-17/h1-13H,14H2. The Morgan fingerprint density at radius 3 is 2.35 bits per heavy atom. The quantitative estimate of drug-likeness (QED) is 0.490. The molecule has 5 heteroatoms. The van der Waals surface area contributed by atoms with Crippen LogP contribution in [0.2, 0.25) is 5.02 Å². The van der Waals surface area contributed by atoms with Crippen LogP contribution in [0.15, 0.2) is 84.0 Å². The average molecular weight is 359 g/mol. The van der Waals surface area contributed by atoms with Gasteiger partial charge in [0.1, 0.15) is 0 Å². The Kier molecular flexibility index (Phi) is 3.50. The molecule has 26 heavy (non-hydrogen) atoms. The third-order valence-electron chi connectivity index (χ3n) is 4.53. The van der Waals surface area contributed by atoms with E-state index in [4.69, 9.17) is 21.7 Å². The molecule has 0 spiro atoms. The third-order valence-corrected chi connectivity index (χ3v) is 4.78. The van der Waals surface area contributed by atoms with E-state index < -0.39 is 0 Å². The number of hydrogen-bond acceptors (Lipinski definition) is 3. The zero-order valence-corrected chi connectivity index (χ0v) is 14.6. The monoisotopic (exact) mass is 358 g/mol. The second-order valence-electron chi connectivity index (χ2n) is 6.19. The van der Waals surface area contributed by atoms with Gasteiger partial charge in [-0.1, -0.05) is 54.1 Å². The lowest BCUT2D eigenvalue weighted by atomic mass is 10.1. The van der Waals surface area contributed by atoms with Gasteiger partial charge in [0.05, 0.1) is 29.0 Å². The minimum atomic E-state index is 0.667. The fraction of sp³-hybridized carbons (Fsp3) is 0.0476. The van der Waals surface area contributed by atoms with Crippen LogP contribution in [0.5, 0.6) is 0 Å². The number of fused-ring (bicyclic) bond motifs is 3. The maximum atomic E-state index is 6.05. The van der Waals surface area contributed by atoms with E-state index in [-0.39, 0.29) is 0 Å². The van der Waals surface area contributed by atoms with Crippen molar-refractivity contribution in [3.05, 3.63) is 89.4 Å². The summed E-state index contributed by atoms with van der Waals surface area (Å²) in [5.74, 6) is 0.829. The van der Waals surface area contributed by atoms with Crippen molar-refractivity contribution in [1.29, 1.82) is 0 Å². The summed E-state index contributed by atoms with van der Waals surface area (Å²) >= 11 is 6.05. The second-order valence-corrected chi connectivity index (χ2v) is 6.62. The van der Waals surface area contributed by atoms with Crippen LogP contribution < -0.4 is 5.01 Å². The van der Waals surface area contributed by atoms with E-state index in [2.05, 4.69) is 10.6 Å². The van der Waals surface area contributed by atoms with Crippen molar-refractivity contribution in [3.8, 4) is 0 Å². The maximum Gasteiger partial charge on any atom is 0.232 e. The number of benzene rings is 3. The smallest absolute Gasteiger partial charge is 0.232 e. The van der Waals surface area contributed by atoms with Crippen LogP contribution in [-0.2, 0) is 6.54 Å². The molecule has 0 radical (unpaired) electrons. The molecule has 1 aromatic heterocycles. The van der Waals surface area contributed by atoms with Crippen molar-refractivity contribution < 1.29 is 0 Å². The molecule has 0 N–H and O–H groups in total. The highest BCUT2D eigenvalue weighted by atomic mass is 35.5. The number of rotatable bonds is 2. The lowest BCUT2D eigenvalue weighted by molar-refractivity contribution is 0.801. The van der Waals surface area contributed by atoms with Crippen molar-refractivity contribution >= 4 is 40.0 Å². The first-order valence-electron chi connectivity index (χ1n) is 8.43. The van der Waals surface area contributed by atoms with Gasteiger partial charge in [-0.2, -0.15) is 10.1 Å². The van der Waals surface area contributed by atoms with Crippen molar-refractivity contribution in [3.63, 3.8) is 0 Å². The lowest BCUT2D eigenvalue weighted by Crippen LogP contribution is -2.27. The van der Waals surface area contributed by atoms with E-state index in [1.807, 2.05) is 77.8 Å². The summed E-state index contributed by atoms with van der Waals surface area (Å²) in [6, 6.07) is 26.1. The summed E-state index contributed by atoms with van der Waals surface area (Å²) in [6.07, 6.45) is 0. The van der Waals surface area contributed by atoms with E-state index in [9.17, 15) is 0 Å². The Morgan fingerprint density at radius 2 is 1.54 bits per heavy atom. The Labute approximate surface area is 156 Å². The SMILES string of the molecule is Clc1ccc(C2=NN(c3ccccc3)c3nc4ccccc4n3C2)cc1. The van der Waals surface area contributed by atoms with Crippen LogP contribution in [0, 0.1) is 0 Å². The third kappa shape index (κ3) is 2.47. The molecule has 0 atom stereocenters. The number of anilines is 2. The molecule has 0 amide bonds. The molecule has 3 aromatic carbocycles. The Hall–Kier alpha value is -3.11. The highest BCUT2D eigenvalue weighted by molar-refractivity contribution is 6.30. The first kappa shape index (κ1) is 15.2. The Bertz CT molecular complexity index is 1110. The minimum Gasteiger partial charge on any atom is -0.302 e. The second kappa shape index (κ2) is 6.00. The van der Waals surface area contributed by atoms with E-state index in [0.29, 0.717) is 6.54 Å². The van der Waals surface area contributed by atoms with Gasteiger partial charge in [-0.25, -0.2) is 4.98 Å². The number of hydrogen-bond donors (Lipinski definition) is 0. The van der Waals surface area contributed by atoms with Gasteiger partial charge in [-0.15, -0.1) is 0 Å². The summed E-state index contributed by atoms with van der Waals surface area (Å²) < 4.78 is 2.21. The van der Waals surface area contributed by atoms with Crippen molar-refractivity contribution in [2.24, 2.45) is 5.10 Å². The van der Waals surface area contributed by atoms with E-state index in [1.165, 1.54) is 0 Å². The zero-order chi connectivity index (χ0) is 17.5. The fourth-order valence-corrected chi connectivity index (χ4v) is 3.39.